The Morgan fingerprint density at radius 3 is 2.69 bits per heavy atom. The third kappa shape index (κ3) is 5.29. The monoisotopic (exact) mass is 218 g/mol. The van der Waals surface area contributed by atoms with Crippen LogP contribution in [0.1, 0.15) is 25.8 Å². The summed E-state index contributed by atoms with van der Waals surface area (Å²) in [4.78, 5) is 11.2. The Labute approximate surface area is 96.6 Å². The minimum atomic E-state index is -0.0284. The second-order valence-corrected chi connectivity index (χ2v) is 4.13. The molecule has 0 spiro atoms. The highest BCUT2D eigenvalue weighted by molar-refractivity contribution is 5.77. The lowest BCUT2D eigenvalue weighted by atomic mass is 10.1. The fraction of sp³-hybridized carbons (Fsp3) is 0.385. The van der Waals surface area contributed by atoms with E-state index >= 15 is 0 Å². The van der Waals surface area contributed by atoms with Crippen LogP contribution in [0, 0.1) is 5.92 Å². The third-order valence-electron chi connectivity index (χ3n) is 2.04. The van der Waals surface area contributed by atoms with E-state index in [9.17, 15) is 4.79 Å². The molecule has 0 aliphatic heterocycles. The highest BCUT2D eigenvalue weighted by Crippen LogP contribution is 1.98. The molecule has 86 valence electrons. The molecule has 16 heavy (non-hydrogen) atoms. The van der Waals surface area contributed by atoms with Crippen LogP contribution in [-0.4, -0.2) is 12.1 Å². The van der Waals surface area contributed by atoms with Crippen LogP contribution in [0.5, 0.6) is 0 Å². The highest BCUT2D eigenvalue weighted by Gasteiger charge is 2.01. The predicted octanol–water partition coefficient (Wildman–Crippen LogP) is 2.38. The lowest BCUT2D eigenvalue weighted by Crippen LogP contribution is -2.19. The zero-order valence-electron chi connectivity index (χ0n) is 9.81. The number of hydrogen-bond donors (Lipinski definition) is 1. The van der Waals surface area contributed by atoms with Gasteiger partial charge in [0.25, 0.3) is 0 Å². The first-order valence-electron chi connectivity index (χ1n) is 5.52. The molecule has 1 amide bonds. The molecule has 0 fully saturated rings. The van der Waals surface area contributed by atoms with E-state index < -0.39 is 0 Å². The number of amides is 1. The molecule has 0 bridgehead atoms. The zero-order valence-corrected chi connectivity index (χ0v) is 9.81. The van der Waals surface area contributed by atoms with E-state index in [-0.39, 0.29) is 5.91 Å². The quantitative estimate of drug-likeness (QED) is 0.598. The topological polar surface area (TPSA) is 41.5 Å². The molecule has 0 heterocycles. The van der Waals surface area contributed by atoms with Crippen LogP contribution in [0.3, 0.4) is 0 Å². The van der Waals surface area contributed by atoms with Crippen molar-refractivity contribution in [3.05, 3.63) is 35.9 Å². The van der Waals surface area contributed by atoms with Crippen molar-refractivity contribution in [1.29, 1.82) is 0 Å². The summed E-state index contributed by atoms with van der Waals surface area (Å²) in [5.74, 6) is 0.337. The smallest absolute Gasteiger partial charge is 0.240 e. The van der Waals surface area contributed by atoms with Gasteiger partial charge in [-0.3, -0.25) is 4.79 Å². The Hall–Kier alpha value is -1.64. The number of nitrogens with zero attached hydrogens (tertiary/aromatic N) is 1. The second-order valence-electron chi connectivity index (χ2n) is 4.13. The molecule has 1 rings (SSSR count). The van der Waals surface area contributed by atoms with Crippen molar-refractivity contribution in [2.45, 2.75) is 26.7 Å². The van der Waals surface area contributed by atoms with E-state index in [4.69, 9.17) is 0 Å². The summed E-state index contributed by atoms with van der Waals surface area (Å²) in [5.41, 5.74) is 3.70. The fourth-order valence-corrected chi connectivity index (χ4v) is 1.30. The number of rotatable bonds is 5. The molecule has 0 atom stereocenters. The van der Waals surface area contributed by atoms with Crippen LogP contribution in [0.25, 0.3) is 0 Å². The van der Waals surface area contributed by atoms with Gasteiger partial charge in [0.15, 0.2) is 0 Å². The Kier molecular flexibility index (Phi) is 5.26. The summed E-state index contributed by atoms with van der Waals surface area (Å²) >= 11 is 0. The molecule has 1 aromatic rings. The van der Waals surface area contributed by atoms with Gasteiger partial charge in [-0.1, -0.05) is 44.2 Å². The summed E-state index contributed by atoms with van der Waals surface area (Å²) in [6.45, 7) is 4.01. The van der Waals surface area contributed by atoms with Gasteiger partial charge in [0.2, 0.25) is 5.91 Å². The number of hydrogen-bond acceptors (Lipinski definition) is 2. The van der Waals surface area contributed by atoms with E-state index in [1.54, 1.807) is 6.21 Å². The summed E-state index contributed by atoms with van der Waals surface area (Å²) in [5, 5.41) is 3.90. The van der Waals surface area contributed by atoms with Crippen molar-refractivity contribution < 1.29 is 4.79 Å². The summed E-state index contributed by atoms with van der Waals surface area (Å²) in [7, 11) is 0. The van der Waals surface area contributed by atoms with Gasteiger partial charge in [-0.2, -0.15) is 5.10 Å². The first kappa shape index (κ1) is 12.4. The summed E-state index contributed by atoms with van der Waals surface area (Å²) in [6, 6.07) is 10.0. The molecule has 0 radical (unpaired) electrons. The van der Waals surface area contributed by atoms with Crippen LogP contribution < -0.4 is 5.43 Å². The number of hydrazone groups is 1. The van der Waals surface area contributed by atoms with Crippen molar-refractivity contribution in [3.63, 3.8) is 0 Å². The van der Waals surface area contributed by atoms with Crippen LogP contribution in [0.4, 0.5) is 0 Å². The zero-order chi connectivity index (χ0) is 11.8. The maximum Gasteiger partial charge on any atom is 0.240 e. The molecular formula is C13H18N2O. The van der Waals surface area contributed by atoms with Gasteiger partial charge in [0, 0.05) is 19.1 Å². The number of carbonyl (C=O) groups excluding carboxylic acids is 1. The van der Waals surface area contributed by atoms with Crippen LogP contribution >= 0.6 is 0 Å². The molecule has 0 unspecified atom stereocenters. The Bertz CT molecular complexity index is 344. The average Bonchev–Trinajstić information content (AvgIpc) is 2.25. The van der Waals surface area contributed by atoms with E-state index in [1.807, 2.05) is 44.2 Å². The molecule has 0 aliphatic carbocycles. The van der Waals surface area contributed by atoms with Crippen LogP contribution in [-0.2, 0) is 11.2 Å². The van der Waals surface area contributed by atoms with Crippen molar-refractivity contribution in [2.24, 2.45) is 11.0 Å². The largest absolute Gasteiger partial charge is 0.273 e. The minimum Gasteiger partial charge on any atom is -0.273 e. The molecule has 0 aliphatic rings. The van der Waals surface area contributed by atoms with Crippen LogP contribution in [0.15, 0.2) is 35.4 Å². The van der Waals surface area contributed by atoms with Gasteiger partial charge < -0.3 is 0 Å². The lowest BCUT2D eigenvalue weighted by Gasteiger charge is -2.01. The van der Waals surface area contributed by atoms with Crippen molar-refractivity contribution >= 4 is 12.1 Å². The highest BCUT2D eigenvalue weighted by atomic mass is 16.2. The molecular weight excluding hydrogens is 200 g/mol. The van der Waals surface area contributed by atoms with Gasteiger partial charge in [0.05, 0.1) is 0 Å². The van der Waals surface area contributed by atoms with Gasteiger partial charge >= 0.3 is 0 Å². The number of benzene rings is 1. The molecule has 3 heteroatoms. The van der Waals surface area contributed by atoms with Crippen molar-refractivity contribution in [2.75, 3.05) is 0 Å². The maximum absolute atomic E-state index is 11.2. The van der Waals surface area contributed by atoms with E-state index in [0.29, 0.717) is 12.3 Å². The second kappa shape index (κ2) is 6.77. The Morgan fingerprint density at radius 1 is 1.38 bits per heavy atom. The number of nitrogens with one attached hydrogen (secondary N) is 1. The molecule has 0 saturated carbocycles. The first-order chi connectivity index (χ1) is 7.68. The SMILES string of the molecule is CC(C)CC(=O)N/N=C/Cc1ccccc1. The fourth-order valence-electron chi connectivity index (χ4n) is 1.30. The summed E-state index contributed by atoms with van der Waals surface area (Å²) in [6.07, 6.45) is 2.97. The molecule has 0 saturated heterocycles. The van der Waals surface area contributed by atoms with E-state index in [1.165, 1.54) is 5.56 Å². The standard InChI is InChI=1S/C13H18N2O/c1-11(2)10-13(16)15-14-9-8-12-6-4-3-5-7-12/h3-7,9,11H,8,10H2,1-2H3,(H,15,16)/b14-9+. The Morgan fingerprint density at radius 2 is 2.06 bits per heavy atom. The minimum absolute atomic E-state index is 0.0284. The molecule has 3 nitrogen and oxygen atoms in total. The normalized spacial score (nSPS) is 10.9. The lowest BCUT2D eigenvalue weighted by molar-refractivity contribution is -0.121. The average molecular weight is 218 g/mol. The number of carbonyl (C=O) groups is 1. The summed E-state index contributed by atoms with van der Waals surface area (Å²) < 4.78 is 0. The van der Waals surface area contributed by atoms with Gasteiger partial charge in [-0.25, -0.2) is 5.43 Å². The Balaban J connectivity index is 2.26. The van der Waals surface area contributed by atoms with Crippen molar-refractivity contribution in [3.8, 4) is 0 Å². The predicted molar refractivity (Wildman–Crippen MR) is 66.2 cm³/mol. The van der Waals surface area contributed by atoms with Gasteiger partial charge in [-0.05, 0) is 11.5 Å². The van der Waals surface area contributed by atoms with E-state index in [2.05, 4.69) is 10.5 Å². The van der Waals surface area contributed by atoms with E-state index in [0.717, 1.165) is 6.42 Å². The van der Waals surface area contributed by atoms with Crippen LogP contribution in [0.2, 0.25) is 0 Å². The maximum atomic E-state index is 11.2. The van der Waals surface area contributed by atoms with Crippen molar-refractivity contribution in [1.82, 2.24) is 5.43 Å². The molecule has 0 aromatic heterocycles. The van der Waals surface area contributed by atoms with Gasteiger partial charge in [0.1, 0.15) is 0 Å². The van der Waals surface area contributed by atoms with Gasteiger partial charge in [-0.15, -0.1) is 0 Å². The molecule has 1 N–H and O–H groups in total. The molecule has 1 aromatic carbocycles. The first-order valence-corrected chi connectivity index (χ1v) is 5.52. The third-order valence-corrected chi connectivity index (χ3v) is 2.04.